The fourth-order valence-electron chi connectivity index (χ4n) is 2.08. The molecule has 4 heteroatoms. The first kappa shape index (κ1) is 15.8. The van der Waals surface area contributed by atoms with Gasteiger partial charge >= 0.3 is 0 Å². The molecule has 2 nitrogen and oxygen atoms in total. The molecule has 1 atom stereocenters. The summed E-state index contributed by atoms with van der Waals surface area (Å²) in [7, 11) is 0. The summed E-state index contributed by atoms with van der Waals surface area (Å²) in [5.74, 6) is 0. The Labute approximate surface area is 136 Å². The van der Waals surface area contributed by atoms with Crippen LogP contribution in [-0.2, 0) is 0 Å². The Morgan fingerprint density at radius 2 is 1.71 bits per heavy atom. The van der Waals surface area contributed by atoms with Crippen molar-refractivity contribution in [2.75, 3.05) is 5.32 Å². The molecule has 0 spiro atoms. The zero-order valence-corrected chi connectivity index (χ0v) is 13.8. The smallest absolute Gasteiger partial charge is 0.171 e. The summed E-state index contributed by atoms with van der Waals surface area (Å²) in [6.07, 6.45) is 0.964. The Morgan fingerprint density at radius 3 is 2.29 bits per heavy atom. The summed E-state index contributed by atoms with van der Waals surface area (Å²) >= 11 is 11.3. The van der Waals surface area contributed by atoms with Gasteiger partial charge in [0.2, 0.25) is 0 Å². The molecule has 2 rings (SSSR count). The summed E-state index contributed by atoms with van der Waals surface area (Å²) in [5.41, 5.74) is 3.43. The van der Waals surface area contributed by atoms with Crippen molar-refractivity contribution in [2.45, 2.75) is 26.3 Å². The summed E-state index contributed by atoms with van der Waals surface area (Å²) in [5, 5.41) is 7.86. The molecule has 0 heterocycles. The average Bonchev–Trinajstić information content (AvgIpc) is 2.48. The van der Waals surface area contributed by atoms with Gasteiger partial charge in [0.25, 0.3) is 0 Å². The highest BCUT2D eigenvalue weighted by Crippen LogP contribution is 2.18. The largest absolute Gasteiger partial charge is 0.356 e. The maximum atomic E-state index is 5.87. The SMILES string of the molecule is CCC(NC(=S)Nc1ccc(Cl)cc1)c1ccc(C)cc1. The van der Waals surface area contributed by atoms with Gasteiger partial charge in [-0.25, -0.2) is 0 Å². The molecule has 0 radical (unpaired) electrons. The Morgan fingerprint density at radius 1 is 1.10 bits per heavy atom. The van der Waals surface area contributed by atoms with Crippen molar-refractivity contribution < 1.29 is 0 Å². The van der Waals surface area contributed by atoms with Gasteiger partial charge in [-0.1, -0.05) is 48.4 Å². The molecule has 0 fully saturated rings. The lowest BCUT2D eigenvalue weighted by atomic mass is 10.0. The van der Waals surface area contributed by atoms with Gasteiger partial charge in [0, 0.05) is 10.7 Å². The summed E-state index contributed by atoms with van der Waals surface area (Å²) in [4.78, 5) is 0. The van der Waals surface area contributed by atoms with Crippen molar-refractivity contribution in [2.24, 2.45) is 0 Å². The van der Waals surface area contributed by atoms with E-state index in [0.29, 0.717) is 10.1 Å². The molecule has 21 heavy (non-hydrogen) atoms. The predicted molar refractivity (Wildman–Crippen MR) is 95.0 cm³/mol. The minimum Gasteiger partial charge on any atom is -0.356 e. The zero-order valence-electron chi connectivity index (χ0n) is 12.2. The lowest BCUT2D eigenvalue weighted by molar-refractivity contribution is 0.629. The number of hydrogen-bond acceptors (Lipinski definition) is 1. The molecule has 0 aliphatic rings. The Hall–Kier alpha value is -1.58. The molecule has 1 unspecified atom stereocenters. The van der Waals surface area contributed by atoms with E-state index in [0.717, 1.165) is 12.1 Å². The van der Waals surface area contributed by atoms with E-state index in [2.05, 4.69) is 48.7 Å². The van der Waals surface area contributed by atoms with Gasteiger partial charge in [-0.15, -0.1) is 0 Å². The standard InChI is InChI=1S/C17H19ClN2S/c1-3-16(13-6-4-12(2)5-7-13)20-17(21)19-15-10-8-14(18)9-11-15/h4-11,16H,3H2,1-2H3,(H2,19,20,21). The highest BCUT2D eigenvalue weighted by molar-refractivity contribution is 7.80. The van der Waals surface area contributed by atoms with Crippen LogP contribution in [0.4, 0.5) is 5.69 Å². The van der Waals surface area contributed by atoms with E-state index in [9.17, 15) is 0 Å². The molecule has 0 saturated carbocycles. The second kappa shape index (κ2) is 7.43. The zero-order chi connectivity index (χ0) is 15.2. The first-order chi connectivity index (χ1) is 10.1. The first-order valence-corrected chi connectivity index (χ1v) is 7.76. The van der Waals surface area contributed by atoms with Crippen LogP contribution >= 0.6 is 23.8 Å². The van der Waals surface area contributed by atoms with Crippen molar-refractivity contribution in [3.05, 3.63) is 64.7 Å². The third-order valence-electron chi connectivity index (χ3n) is 3.30. The monoisotopic (exact) mass is 318 g/mol. The number of hydrogen-bond donors (Lipinski definition) is 2. The minimum atomic E-state index is 0.206. The average molecular weight is 319 g/mol. The van der Waals surface area contributed by atoms with E-state index in [1.54, 1.807) is 0 Å². The second-order valence-corrected chi connectivity index (χ2v) is 5.82. The van der Waals surface area contributed by atoms with Crippen molar-refractivity contribution in [3.63, 3.8) is 0 Å². The summed E-state index contributed by atoms with van der Waals surface area (Å²) in [6.45, 7) is 4.23. The van der Waals surface area contributed by atoms with Crippen LogP contribution in [0.15, 0.2) is 48.5 Å². The summed E-state index contributed by atoms with van der Waals surface area (Å²) in [6, 6.07) is 16.2. The maximum Gasteiger partial charge on any atom is 0.171 e. The number of benzene rings is 2. The predicted octanol–water partition coefficient (Wildman–Crippen LogP) is 5.09. The van der Waals surface area contributed by atoms with Gasteiger partial charge < -0.3 is 10.6 Å². The minimum absolute atomic E-state index is 0.206. The van der Waals surface area contributed by atoms with Gasteiger partial charge in [-0.3, -0.25) is 0 Å². The molecule has 2 N–H and O–H groups in total. The fourth-order valence-corrected chi connectivity index (χ4v) is 2.46. The van der Waals surface area contributed by atoms with Crippen LogP contribution in [0.1, 0.15) is 30.5 Å². The Kier molecular flexibility index (Phi) is 5.59. The number of rotatable bonds is 4. The molecule has 0 aliphatic heterocycles. The van der Waals surface area contributed by atoms with E-state index in [1.807, 2.05) is 24.3 Å². The highest BCUT2D eigenvalue weighted by atomic mass is 35.5. The van der Waals surface area contributed by atoms with Crippen molar-refractivity contribution in [1.29, 1.82) is 0 Å². The number of aryl methyl sites for hydroxylation is 1. The molecule has 0 bridgehead atoms. The second-order valence-electron chi connectivity index (χ2n) is 4.98. The van der Waals surface area contributed by atoms with Gasteiger partial charge in [-0.05, 0) is 55.4 Å². The molecule has 110 valence electrons. The molecule has 0 aliphatic carbocycles. The number of anilines is 1. The van der Waals surface area contributed by atoms with Crippen LogP contribution in [0.5, 0.6) is 0 Å². The molecule has 2 aromatic rings. The molecule has 2 aromatic carbocycles. The third kappa shape index (κ3) is 4.73. The van der Waals surface area contributed by atoms with Crippen LogP contribution < -0.4 is 10.6 Å². The lowest BCUT2D eigenvalue weighted by Gasteiger charge is -2.20. The molecule has 0 aromatic heterocycles. The fraction of sp³-hybridized carbons (Fsp3) is 0.235. The van der Waals surface area contributed by atoms with E-state index in [4.69, 9.17) is 23.8 Å². The van der Waals surface area contributed by atoms with Crippen molar-refractivity contribution >= 4 is 34.6 Å². The van der Waals surface area contributed by atoms with E-state index in [-0.39, 0.29) is 6.04 Å². The Bertz CT molecular complexity index is 593. The van der Waals surface area contributed by atoms with Crippen molar-refractivity contribution in [1.82, 2.24) is 5.32 Å². The molecular weight excluding hydrogens is 300 g/mol. The summed E-state index contributed by atoms with van der Waals surface area (Å²) < 4.78 is 0. The van der Waals surface area contributed by atoms with Crippen LogP contribution in [0.25, 0.3) is 0 Å². The van der Waals surface area contributed by atoms with Gasteiger partial charge in [-0.2, -0.15) is 0 Å². The number of thiocarbonyl (C=S) groups is 1. The van der Waals surface area contributed by atoms with Gasteiger partial charge in [0.15, 0.2) is 5.11 Å². The quantitative estimate of drug-likeness (QED) is 0.768. The maximum absolute atomic E-state index is 5.87. The van der Waals surface area contributed by atoms with E-state index < -0.39 is 0 Å². The Balaban J connectivity index is 1.99. The number of halogens is 1. The van der Waals surface area contributed by atoms with Crippen LogP contribution in [-0.4, -0.2) is 5.11 Å². The number of nitrogens with one attached hydrogen (secondary N) is 2. The van der Waals surface area contributed by atoms with Crippen LogP contribution in [0.3, 0.4) is 0 Å². The van der Waals surface area contributed by atoms with Crippen molar-refractivity contribution in [3.8, 4) is 0 Å². The molecule has 0 saturated heterocycles. The van der Waals surface area contributed by atoms with Crippen LogP contribution in [0, 0.1) is 6.92 Å². The van der Waals surface area contributed by atoms with Gasteiger partial charge in [0.1, 0.15) is 0 Å². The molecular formula is C17H19ClN2S. The highest BCUT2D eigenvalue weighted by Gasteiger charge is 2.10. The first-order valence-electron chi connectivity index (χ1n) is 6.98. The lowest BCUT2D eigenvalue weighted by Crippen LogP contribution is -2.32. The third-order valence-corrected chi connectivity index (χ3v) is 3.77. The van der Waals surface area contributed by atoms with E-state index >= 15 is 0 Å². The van der Waals surface area contributed by atoms with E-state index in [1.165, 1.54) is 11.1 Å². The van der Waals surface area contributed by atoms with Gasteiger partial charge in [0.05, 0.1) is 6.04 Å². The molecule has 0 amide bonds. The topological polar surface area (TPSA) is 24.1 Å². The normalized spacial score (nSPS) is 11.8. The van der Waals surface area contributed by atoms with Crippen LogP contribution in [0.2, 0.25) is 5.02 Å².